The molecule has 0 aliphatic heterocycles. The number of carboxylic acid groups (broad SMARTS) is 1. The molecule has 1 rings (SSSR count). The summed E-state index contributed by atoms with van der Waals surface area (Å²) in [5.74, 6) is 1.16. The predicted octanol–water partition coefficient (Wildman–Crippen LogP) is 0.523. The van der Waals surface area contributed by atoms with Gasteiger partial charge in [0.25, 0.3) is 0 Å². The molecule has 130 valence electrons. The fourth-order valence-corrected chi connectivity index (χ4v) is 3.78. The zero-order valence-electron chi connectivity index (χ0n) is 15.7. The van der Waals surface area contributed by atoms with Crippen molar-refractivity contribution in [3.05, 3.63) is 0 Å². The molecule has 0 aromatic heterocycles. The number of rotatable bonds is 12. The van der Waals surface area contributed by atoms with E-state index in [0.717, 1.165) is 25.4 Å². The minimum absolute atomic E-state index is 0. The Balaban J connectivity index is 0.00000484. The Hall–Kier alpha value is 0.430. The van der Waals surface area contributed by atoms with E-state index in [-0.39, 0.29) is 36.0 Å². The van der Waals surface area contributed by atoms with Gasteiger partial charge >= 0.3 is 29.6 Å². The van der Waals surface area contributed by atoms with E-state index in [0.29, 0.717) is 11.8 Å². The molecule has 1 fully saturated rings. The maximum Gasteiger partial charge on any atom is 1.00 e. The van der Waals surface area contributed by atoms with E-state index in [1.807, 2.05) is 0 Å². The summed E-state index contributed by atoms with van der Waals surface area (Å²) in [6.07, 6.45) is 12.6. The number of carboxylic acids is 1. The number of hydrogen-bond acceptors (Lipinski definition) is 3. The molecule has 1 N–H and O–H groups in total. The van der Waals surface area contributed by atoms with Crippen LogP contribution in [-0.2, 0) is 4.79 Å². The van der Waals surface area contributed by atoms with Gasteiger partial charge in [-0.1, -0.05) is 52.4 Å². The average Bonchev–Trinajstić information content (AvgIpc) is 2.52. The summed E-state index contributed by atoms with van der Waals surface area (Å²) in [5.41, 5.74) is 0. The molecule has 3 nitrogen and oxygen atoms in total. The van der Waals surface area contributed by atoms with Crippen molar-refractivity contribution in [2.45, 2.75) is 84.5 Å². The van der Waals surface area contributed by atoms with Crippen LogP contribution in [0.15, 0.2) is 0 Å². The van der Waals surface area contributed by atoms with Crippen LogP contribution in [0.3, 0.4) is 0 Å². The molecule has 2 unspecified atom stereocenters. The molecule has 1 aliphatic carbocycles. The Labute approximate surface area is 165 Å². The third kappa shape index (κ3) is 11.6. The van der Waals surface area contributed by atoms with E-state index in [2.05, 4.69) is 19.2 Å². The molecule has 1 aliphatic rings. The third-order valence-corrected chi connectivity index (χ3v) is 5.27. The summed E-state index contributed by atoms with van der Waals surface area (Å²) >= 11 is 0. The number of carbonyl (C=O) groups is 1. The van der Waals surface area contributed by atoms with Gasteiger partial charge in [-0.25, -0.2) is 0 Å². The monoisotopic (exact) mass is 333 g/mol. The second-order valence-corrected chi connectivity index (χ2v) is 7.31. The van der Waals surface area contributed by atoms with Crippen molar-refractivity contribution in [1.29, 1.82) is 0 Å². The largest absolute Gasteiger partial charge is 1.00 e. The summed E-state index contributed by atoms with van der Waals surface area (Å²) in [7, 11) is 0. The van der Waals surface area contributed by atoms with Gasteiger partial charge in [0.05, 0.1) is 0 Å². The SMILES string of the molecule is CCCCNCC(C)CCC(CCC(=O)[O-])C1CCCCC1.[Na+]. The van der Waals surface area contributed by atoms with Gasteiger partial charge in [0.1, 0.15) is 0 Å². The minimum atomic E-state index is -0.880. The van der Waals surface area contributed by atoms with Crippen LogP contribution in [0.2, 0.25) is 0 Å². The molecule has 4 heteroatoms. The Morgan fingerprint density at radius 3 is 2.48 bits per heavy atom. The van der Waals surface area contributed by atoms with Crippen LogP contribution in [0.4, 0.5) is 0 Å². The van der Waals surface area contributed by atoms with Gasteiger partial charge in [-0.3, -0.25) is 0 Å². The Morgan fingerprint density at radius 2 is 1.87 bits per heavy atom. The normalized spacial score (nSPS) is 18.2. The van der Waals surface area contributed by atoms with Crippen LogP contribution >= 0.6 is 0 Å². The molecule has 0 amide bonds. The van der Waals surface area contributed by atoms with Crippen molar-refractivity contribution in [3.8, 4) is 0 Å². The van der Waals surface area contributed by atoms with Gasteiger partial charge in [0.2, 0.25) is 0 Å². The van der Waals surface area contributed by atoms with E-state index in [4.69, 9.17) is 0 Å². The second-order valence-electron chi connectivity index (χ2n) is 7.31. The first-order valence-corrected chi connectivity index (χ1v) is 9.54. The molecule has 0 aromatic carbocycles. The summed E-state index contributed by atoms with van der Waals surface area (Å²) in [6.45, 7) is 6.75. The topological polar surface area (TPSA) is 52.2 Å². The fourth-order valence-electron chi connectivity index (χ4n) is 3.78. The van der Waals surface area contributed by atoms with E-state index in [1.54, 1.807) is 0 Å². The Morgan fingerprint density at radius 1 is 1.17 bits per heavy atom. The molecule has 0 saturated heterocycles. The summed E-state index contributed by atoms with van der Waals surface area (Å²) < 4.78 is 0. The first kappa shape index (κ1) is 23.4. The van der Waals surface area contributed by atoms with Crippen LogP contribution in [0.25, 0.3) is 0 Å². The summed E-state index contributed by atoms with van der Waals surface area (Å²) in [6, 6.07) is 0. The maximum atomic E-state index is 10.8. The average molecular weight is 333 g/mol. The van der Waals surface area contributed by atoms with Crippen molar-refractivity contribution < 1.29 is 39.5 Å². The predicted molar refractivity (Wildman–Crippen MR) is 90.5 cm³/mol. The number of hydrogen-bond donors (Lipinski definition) is 1. The first-order chi connectivity index (χ1) is 10.6. The molecule has 0 heterocycles. The van der Waals surface area contributed by atoms with Crippen molar-refractivity contribution in [2.24, 2.45) is 17.8 Å². The van der Waals surface area contributed by atoms with Gasteiger partial charge in [-0.15, -0.1) is 0 Å². The Kier molecular flexibility index (Phi) is 15.0. The van der Waals surface area contributed by atoms with Gasteiger partial charge in [-0.05, 0) is 62.9 Å². The first-order valence-electron chi connectivity index (χ1n) is 9.54. The molecule has 0 bridgehead atoms. The van der Waals surface area contributed by atoms with Crippen molar-refractivity contribution in [3.63, 3.8) is 0 Å². The molecule has 2 atom stereocenters. The van der Waals surface area contributed by atoms with Gasteiger partial charge < -0.3 is 15.2 Å². The van der Waals surface area contributed by atoms with Gasteiger partial charge in [-0.2, -0.15) is 0 Å². The van der Waals surface area contributed by atoms with Crippen LogP contribution in [0.1, 0.15) is 84.5 Å². The van der Waals surface area contributed by atoms with Crippen molar-refractivity contribution in [1.82, 2.24) is 5.32 Å². The zero-order valence-corrected chi connectivity index (χ0v) is 17.7. The number of unbranched alkanes of at least 4 members (excludes halogenated alkanes) is 1. The van der Waals surface area contributed by atoms with Crippen LogP contribution < -0.4 is 40.0 Å². The quantitative estimate of drug-likeness (QED) is 0.419. The van der Waals surface area contributed by atoms with E-state index in [1.165, 1.54) is 57.8 Å². The van der Waals surface area contributed by atoms with Crippen molar-refractivity contribution >= 4 is 5.97 Å². The number of aliphatic carboxylic acids is 1. The molecule has 23 heavy (non-hydrogen) atoms. The minimum Gasteiger partial charge on any atom is -0.550 e. The van der Waals surface area contributed by atoms with Crippen LogP contribution in [0, 0.1) is 17.8 Å². The second kappa shape index (κ2) is 14.7. The molecular weight excluding hydrogens is 297 g/mol. The third-order valence-electron chi connectivity index (χ3n) is 5.27. The van der Waals surface area contributed by atoms with Gasteiger partial charge in [0, 0.05) is 5.97 Å². The van der Waals surface area contributed by atoms with E-state index < -0.39 is 5.97 Å². The van der Waals surface area contributed by atoms with Gasteiger partial charge in [0.15, 0.2) is 0 Å². The van der Waals surface area contributed by atoms with Crippen LogP contribution in [-0.4, -0.2) is 19.1 Å². The maximum absolute atomic E-state index is 10.8. The Bertz CT molecular complexity index is 293. The molecular formula is C19H36NNaO2. The number of nitrogens with one attached hydrogen (secondary N) is 1. The molecule has 0 radical (unpaired) electrons. The molecule has 0 aromatic rings. The van der Waals surface area contributed by atoms with E-state index in [9.17, 15) is 9.90 Å². The molecule has 1 saturated carbocycles. The molecule has 0 spiro atoms. The number of carbonyl (C=O) groups excluding carboxylic acids is 1. The zero-order chi connectivity index (χ0) is 16.2. The summed E-state index contributed by atoms with van der Waals surface area (Å²) in [4.78, 5) is 10.8. The van der Waals surface area contributed by atoms with Crippen molar-refractivity contribution in [2.75, 3.05) is 13.1 Å². The van der Waals surface area contributed by atoms with Crippen LogP contribution in [0.5, 0.6) is 0 Å². The fraction of sp³-hybridized carbons (Fsp3) is 0.947. The van der Waals surface area contributed by atoms with E-state index >= 15 is 0 Å². The standard InChI is InChI=1S/C19H37NO2.Na/c1-3-4-14-20-15-16(2)10-11-18(12-13-19(21)22)17-8-6-5-7-9-17;/h16-18,20H,3-15H2,1-2H3,(H,21,22);/q;+1/p-1. The summed E-state index contributed by atoms with van der Waals surface area (Å²) in [5, 5.41) is 14.3. The smallest absolute Gasteiger partial charge is 0.550 e.